The summed E-state index contributed by atoms with van der Waals surface area (Å²) in [5, 5.41) is 0. The number of rotatable bonds is 9. The summed E-state index contributed by atoms with van der Waals surface area (Å²) in [5.41, 5.74) is 5.61. The Kier molecular flexibility index (Phi) is 6.15. The van der Waals surface area contributed by atoms with Gasteiger partial charge in [0.05, 0.1) is 12.5 Å². The second-order valence-corrected chi connectivity index (χ2v) is 8.97. The molecule has 0 aliphatic rings. The number of fused-ring (bicyclic) bond motifs is 1. The molecule has 0 bridgehead atoms. The number of aromatic amines is 1. The second kappa shape index (κ2) is 7.77. The van der Waals surface area contributed by atoms with Crippen molar-refractivity contribution < 1.29 is 28.3 Å². The van der Waals surface area contributed by atoms with Crippen LogP contribution < -0.4 is 11.3 Å². The normalized spacial score (nSPS) is 14.7. The predicted molar refractivity (Wildman–Crippen MR) is 89.1 cm³/mol. The summed E-state index contributed by atoms with van der Waals surface area (Å²) >= 11 is 0. The molecule has 0 amide bonds. The van der Waals surface area contributed by atoms with Crippen molar-refractivity contribution in [2.75, 3.05) is 18.2 Å². The number of hydrogen-bond acceptors (Lipinski definition) is 7. The first-order valence-electron chi connectivity index (χ1n) is 7.29. The van der Waals surface area contributed by atoms with Crippen LogP contribution in [-0.2, 0) is 20.2 Å². The van der Waals surface area contributed by atoms with Crippen LogP contribution in [0.15, 0.2) is 11.1 Å². The smallest absolute Gasteiger partial charge is 0.351 e. The maximum Gasteiger partial charge on any atom is 0.351 e. The number of aryl methyl sites for hydroxylation is 1. The summed E-state index contributed by atoms with van der Waals surface area (Å²) in [6, 6.07) is 0. The fraction of sp³-hybridized carbons (Fsp3) is 0.545. The summed E-state index contributed by atoms with van der Waals surface area (Å²) in [6.45, 7) is 0.478. The Labute approximate surface area is 141 Å². The number of unbranched alkanes of at least 4 members (excludes halogenated alkanes) is 2. The fourth-order valence-electron chi connectivity index (χ4n) is 2.13. The van der Waals surface area contributed by atoms with Crippen molar-refractivity contribution in [1.82, 2.24) is 19.5 Å². The van der Waals surface area contributed by atoms with Crippen LogP contribution in [0.3, 0.4) is 0 Å². The fourth-order valence-corrected chi connectivity index (χ4v) is 4.21. The van der Waals surface area contributed by atoms with Crippen LogP contribution >= 0.6 is 15.2 Å². The summed E-state index contributed by atoms with van der Waals surface area (Å²) < 4.78 is 28.3. The van der Waals surface area contributed by atoms with Gasteiger partial charge in [-0.15, -0.1) is 0 Å². The van der Waals surface area contributed by atoms with Crippen LogP contribution in [0.25, 0.3) is 11.2 Å². The highest BCUT2D eigenvalue weighted by Crippen LogP contribution is 2.48. The minimum absolute atomic E-state index is 0.0114. The lowest BCUT2D eigenvalue weighted by atomic mass is 10.2. The number of nitrogens with one attached hydrogen (secondary N) is 1. The summed E-state index contributed by atoms with van der Waals surface area (Å²) in [4.78, 5) is 48.7. The van der Waals surface area contributed by atoms with Crippen LogP contribution in [0.1, 0.15) is 19.3 Å². The largest absolute Gasteiger partial charge is 0.369 e. The molecule has 6 N–H and O–H groups in total. The average Bonchev–Trinajstić information content (AvgIpc) is 2.88. The first kappa shape index (κ1) is 19.8. The van der Waals surface area contributed by atoms with Crippen molar-refractivity contribution in [1.29, 1.82) is 0 Å². The van der Waals surface area contributed by atoms with E-state index in [9.17, 15) is 18.8 Å². The van der Waals surface area contributed by atoms with Crippen LogP contribution in [0.2, 0.25) is 0 Å². The molecule has 1 unspecified atom stereocenters. The third-order valence-corrected chi connectivity index (χ3v) is 5.34. The van der Waals surface area contributed by atoms with Crippen LogP contribution in [0, 0.1) is 0 Å². The molecule has 14 heteroatoms. The van der Waals surface area contributed by atoms with E-state index >= 15 is 0 Å². The van der Waals surface area contributed by atoms with Gasteiger partial charge in [0.1, 0.15) is 0 Å². The molecule has 0 aromatic carbocycles. The lowest BCUT2D eigenvalue weighted by Gasteiger charge is -2.12. The highest BCUT2D eigenvalue weighted by atomic mass is 31.2. The van der Waals surface area contributed by atoms with Crippen molar-refractivity contribution in [2.24, 2.45) is 0 Å². The first-order valence-corrected chi connectivity index (χ1v) is 10.8. The van der Waals surface area contributed by atoms with E-state index in [2.05, 4.69) is 19.5 Å². The number of nitrogens with zero attached hydrogens (tertiary/aromatic N) is 3. The number of imidazole rings is 1. The summed E-state index contributed by atoms with van der Waals surface area (Å²) in [7, 11) is -8.51. The Morgan fingerprint density at radius 3 is 2.64 bits per heavy atom. The maximum absolute atomic E-state index is 11.7. The lowest BCUT2D eigenvalue weighted by molar-refractivity contribution is 0.262. The second-order valence-electron chi connectivity index (χ2n) is 5.41. The highest BCUT2D eigenvalue weighted by Gasteiger charge is 2.24. The lowest BCUT2D eigenvalue weighted by Crippen LogP contribution is -2.12. The number of H-pyrrole nitrogens is 1. The van der Waals surface area contributed by atoms with E-state index in [-0.39, 0.29) is 17.6 Å². The zero-order valence-corrected chi connectivity index (χ0v) is 14.9. The monoisotopic (exact) mass is 395 g/mol. The van der Waals surface area contributed by atoms with E-state index < -0.39 is 27.1 Å². The zero-order chi connectivity index (χ0) is 18.7. The molecule has 0 fully saturated rings. The third-order valence-electron chi connectivity index (χ3n) is 3.26. The zero-order valence-electron chi connectivity index (χ0n) is 13.1. The molecular formula is C11H19N5O7P2. The van der Waals surface area contributed by atoms with Crippen molar-refractivity contribution in [3.63, 3.8) is 0 Å². The maximum atomic E-state index is 11.7. The number of nitrogen functional groups attached to an aromatic ring is 1. The first-order chi connectivity index (χ1) is 11.6. The summed E-state index contributed by atoms with van der Waals surface area (Å²) in [5.74, 6) is -0.0114. The average molecular weight is 395 g/mol. The van der Waals surface area contributed by atoms with Crippen LogP contribution in [-0.4, -0.2) is 46.7 Å². The molecule has 0 radical (unpaired) electrons. The Bertz CT molecular complexity index is 889. The Morgan fingerprint density at radius 2 is 1.96 bits per heavy atom. The molecule has 2 rings (SSSR count). The molecule has 1 atom stereocenters. The number of aromatic nitrogens is 4. The van der Waals surface area contributed by atoms with Gasteiger partial charge in [-0.25, -0.2) is 4.98 Å². The molecule has 0 aliphatic heterocycles. The number of nitrogens with two attached hydrogens (primary N) is 1. The molecule has 0 saturated carbocycles. The molecule has 0 saturated heterocycles. The highest BCUT2D eigenvalue weighted by molar-refractivity contribution is 7.55. The molecule has 2 aromatic rings. The molecule has 12 nitrogen and oxygen atoms in total. The van der Waals surface area contributed by atoms with Crippen molar-refractivity contribution in [2.45, 2.75) is 25.8 Å². The van der Waals surface area contributed by atoms with E-state index in [4.69, 9.17) is 15.5 Å². The van der Waals surface area contributed by atoms with Gasteiger partial charge in [0.25, 0.3) is 5.56 Å². The molecular weight excluding hydrogens is 376 g/mol. The van der Waals surface area contributed by atoms with Gasteiger partial charge in [0, 0.05) is 6.54 Å². The Hall–Kier alpha value is -1.55. The quantitative estimate of drug-likeness (QED) is 0.289. The minimum Gasteiger partial charge on any atom is -0.369 e. The van der Waals surface area contributed by atoms with Gasteiger partial charge in [-0.1, -0.05) is 6.42 Å². The van der Waals surface area contributed by atoms with Crippen molar-refractivity contribution in [3.8, 4) is 0 Å². The standard InChI is InChI=1S/C11H19N5O7P2/c12-11-14-9-8(10(17)15-11)13-6-16(9)4-2-1-3-5-25(21,22)23-7-24(18,19)20/h6H,1-5,7H2,(H,21,22)(H2,18,19,20)(H3,12,14,15,17). The van der Waals surface area contributed by atoms with Crippen LogP contribution in [0.5, 0.6) is 0 Å². The molecule has 25 heavy (non-hydrogen) atoms. The van der Waals surface area contributed by atoms with E-state index in [0.29, 0.717) is 31.5 Å². The van der Waals surface area contributed by atoms with E-state index in [1.54, 1.807) is 4.57 Å². The molecule has 0 aliphatic carbocycles. The molecule has 2 aromatic heterocycles. The SMILES string of the molecule is Nc1nc2c(ncn2CCCCCP(=O)(O)OCP(=O)(O)O)c(=O)[nH]1. The number of hydrogen-bond donors (Lipinski definition) is 5. The minimum atomic E-state index is -4.48. The van der Waals surface area contributed by atoms with Gasteiger partial charge in [-0.05, 0) is 12.8 Å². The van der Waals surface area contributed by atoms with Gasteiger partial charge in [0.2, 0.25) is 5.95 Å². The molecule has 140 valence electrons. The van der Waals surface area contributed by atoms with Gasteiger partial charge >= 0.3 is 15.2 Å². The van der Waals surface area contributed by atoms with Gasteiger partial charge < -0.3 is 25.0 Å². The van der Waals surface area contributed by atoms with Crippen LogP contribution in [0.4, 0.5) is 5.95 Å². The van der Waals surface area contributed by atoms with Gasteiger partial charge in [0.15, 0.2) is 17.5 Å². The van der Waals surface area contributed by atoms with Gasteiger partial charge in [-0.3, -0.25) is 23.4 Å². The Morgan fingerprint density at radius 1 is 1.24 bits per heavy atom. The molecule has 0 spiro atoms. The predicted octanol–water partition coefficient (Wildman–Crippen LogP) is 0.209. The topological polar surface area (TPSA) is 194 Å². The third kappa shape index (κ3) is 6.03. The van der Waals surface area contributed by atoms with Crippen molar-refractivity contribution in [3.05, 3.63) is 16.7 Å². The molecule has 2 heterocycles. The van der Waals surface area contributed by atoms with E-state index in [0.717, 1.165) is 0 Å². The van der Waals surface area contributed by atoms with Gasteiger partial charge in [-0.2, -0.15) is 4.98 Å². The van der Waals surface area contributed by atoms with Crippen molar-refractivity contribution >= 4 is 32.3 Å². The Balaban J connectivity index is 1.81. The summed E-state index contributed by atoms with van der Waals surface area (Å²) in [6.07, 6.45) is 1.68. The van der Waals surface area contributed by atoms with E-state index in [1.165, 1.54) is 6.33 Å². The number of anilines is 1. The van der Waals surface area contributed by atoms with E-state index in [1.807, 2.05) is 0 Å².